The average molecular weight is 356 g/mol. The van der Waals surface area contributed by atoms with Gasteiger partial charge in [-0.2, -0.15) is 0 Å². The van der Waals surface area contributed by atoms with E-state index < -0.39 is 0 Å². The third-order valence-electron chi connectivity index (χ3n) is 4.85. The van der Waals surface area contributed by atoms with Gasteiger partial charge in [0.2, 0.25) is 0 Å². The van der Waals surface area contributed by atoms with Crippen LogP contribution in [0.3, 0.4) is 0 Å². The summed E-state index contributed by atoms with van der Waals surface area (Å²) in [5.74, 6) is -0.284. The van der Waals surface area contributed by atoms with E-state index in [1.54, 1.807) is 23.2 Å². The highest BCUT2D eigenvalue weighted by atomic mass is 19.1. The quantitative estimate of drug-likeness (QED) is 0.826. The average Bonchev–Trinajstić information content (AvgIpc) is 2.69. The standard InChI is InChI=1S/C20H25FN4O/c1-3-23(4-2)16-9-10-22-18(15-16)20(26)25-13-11-24(12-14-25)19-8-6-5-7-17(19)21/h5-10,15H,3-4,11-14H2,1-2H3. The van der Waals surface area contributed by atoms with Crippen LogP contribution in [0.25, 0.3) is 0 Å². The molecule has 26 heavy (non-hydrogen) atoms. The number of halogens is 1. The van der Waals surface area contributed by atoms with E-state index in [1.165, 1.54) is 6.07 Å². The number of carbonyl (C=O) groups excluding carboxylic acids is 1. The lowest BCUT2D eigenvalue weighted by Crippen LogP contribution is -2.49. The van der Waals surface area contributed by atoms with Crippen molar-refractivity contribution in [1.29, 1.82) is 0 Å². The number of hydrogen-bond acceptors (Lipinski definition) is 4. The molecular formula is C20H25FN4O. The largest absolute Gasteiger partial charge is 0.372 e. The van der Waals surface area contributed by atoms with E-state index in [2.05, 4.69) is 23.7 Å². The summed E-state index contributed by atoms with van der Waals surface area (Å²) >= 11 is 0. The third-order valence-corrected chi connectivity index (χ3v) is 4.85. The van der Waals surface area contributed by atoms with Crippen molar-refractivity contribution in [3.8, 4) is 0 Å². The maximum atomic E-state index is 13.9. The minimum atomic E-state index is -0.221. The van der Waals surface area contributed by atoms with Crippen LogP contribution in [0.15, 0.2) is 42.6 Å². The van der Waals surface area contributed by atoms with E-state index in [0.717, 1.165) is 18.8 Å². The summed E-state index contributed by atoms with van der Waals surface area (Å²) in [4.78, 5) is 23.1. The molecule has 2 aromatic rings. The zero-order valence-electron chi connectivity index (χ0n) is 15.4. The zero-order chi connectivity index (χ0) is 18.5. The summed E-state index contributed by atoms with van der Waals surface area (Å²) in [6.45, 7) is 8.30. The fourth-order valence-electron chi connectivity index (χ4n) is 3.34. The number of piperazine rings is 1. The van der Waals surface area contributed by atoms with Gasteiger partial charge >= 0.3 is 0 Å². The summed E-state index contributed by atoms with van der Waals surface area (Å²) < 4.78 is 13.9. The van der Waals surface area contributed by atoms with Crippen LogP contribution in [-0.2, 0) is 0 Å². The second-order valence-electron chi connectivity index (χ2n) is 6.30. The van der Waals surface area contributed by atoms with Gasteiger partial charge < -0.3 is 14.7 Å². The van der Waals surface area contributed by atoms with Crippen molar-refractivity contribution in [2.24, 2.45) is 0 Å². The van der Waals surface area contributed by atoms with Crippen molar-refractivity contribution in [3.63, 3.8) is 0 Å². The summed E-state index contributed by atoms with van der Waals surface area (Å²) in [7, 11) is 0. The Bertz CT molecular complexity index is 755. The van der Waals surface area contributed by atoms with Crippen molar-refractivity contribution < 1.29 is 9.18 Å². The Morgan fingerprint density at radius 1 is 1.12 bits per heavy atom. The molecule has 0 spiro atoms. The smallest absolute Gasteiger partial charge is 0.272 e. The molecule has 1 aromatic carbocycles. The molecule has 0 atom stereocenters. The summed E-state index contributed by atoms with van der Waals surface area (Å²) in [5, 5.41) is 0. The number of carbonyl (C=O) groups is 1. The SMILES string of the molecule is CCN(CC)c1ccnc(C(=O)N2CCN(c3ccccc3F)CC2)c1. The minimum absolute atomic E-state index is 0.0628. The van der Waals surface area contributed by atoms with Crippen LogP contribution in [-0.4, -0.2) is 55.1 Å². The molecule has 1 fully saturated rings. The Morgan fingerprint density at radius 2 is 1.81 bits per heavy atom. The lowest BCUT2D eigenvalue weighted by molar-refractivity contribution is 0.0741. The molecule has 2 heterocycles. The van der Waals surface area contributed by atoms with Crippen LogP contribution < -0.4 is 9.80 Å². The second kappa shape index (κ2) is 8.17. The Labute approximate surface area is 154 Å². The third kappa shape index (κ3) is 3.79. The van der Waals surface area contributed by atoms with Gasteiger partial charge in [0.25, 0.3) is 5.91 Å². The summed E-state index contributed by atoms with van der Waals surface area (Å²) in [5.41, 5.74) is 2.08. The predicted molar refractivity (Wildman–Crippen MR) is 102 cm³/mol. The van der Waals surface area contributed by atoms with Gasteiger partial charge in [-0.3, -0.25) is 9.78 Å². The van der Waals surface area contributed by atoms with E-state index in [9.17, 15) is 9.18 Å². The highest BCUT2D eigenvalue weighted by Crippen LogP contribution is 2.21. The topological polar surface area (TPSA) is 39.7 Å². The minimum Gasteiger partial charge on any atom is -0.372 e. The van der Waals surface area contributed by atoms with E-state index in [-0.39, 0.29) is 11.7 Å². The van der Waals surface area contributed by atoms with Gasteiger partial charge in [-0.1, -0.05) is 12.1 Å². The summed E-state index contributed by atoms with van der Waals surface area (Å²) in [6, 6.07) is 10.6. The van der Waals surface area contributed by atoms with Crippen LogP contribution in [0, 0.1) is 5.82 Å². The summed E-state index contributed by atoms with van der Waals surface area (Å²) in [6.07, 6.45) is 1.69. The van der Waals surface area contributed by atoms with Crippen LogP contribution in [0.2, 0.25) is 0 Å². The highest BCUT2D eigenvalue weighted by molar-refractivity contribution is 5.93. The molecule has 0 aliphatic carbocycles. The molecule has 0 saturated carbocycles. The number of para-hydroxylation sites is 1. The van der Waals surface area contributed by atoms with E-state index in [0.29, 0.717) is 37.6 Å². The van der Waals surface area contributed by atoms with Crippen LogP contribution >= 0.6 is 0 Å². The monoisotopic (exact) mass is 356 g/mol. The molecule has 6 heteroatoms. The van der Waals surface area contributed by atoms with Gasteiger partial charge in [-0.25, -0.2) is 4.39 Å². The lowest BCUT2D eigenvalue weighted by atomic mass is 10.2. The van der Waals surface area contributed by atoms with Crippen molar-refractivity contribution in [1.82, 2.24) is 9.88 Å². The molecule has 138 valence electrons. The predicted octanol–water partition coefficient (Wildman–Crippen LogP) is 3.03. The molecule has 1 amide bonds. The van der Waals surface area contributed by atoms with Gasteiger partial charge in [0.1, 0.15) is 11.5 Å². The number of anilines is 2. The maximum absolute atomic E-state index is 13.9. The normalized spacial score (nSPS) is 14.4. The number of benzene rings is 1. The number of hydrogen-bond donors (Lipinski definition) is 0. The first-order valence-electron chi connectivity index (χ1n) is 9.13. The molecule has 5 nitrogen and oxygen atoms in total. The van der Waals surface area contributed by atoms with E-state index in [1.807, 2.05) is 23.1 Å². The number of pyridine rings is 1. The van der Waals surface area contributed by atoms with Gasteiger partial charge in [-0.15, -0.1) is 0 Å². The Morgan fingerprint density at radius 3 is 2.46 bits per heavy atom. The molecule has 3 rings (SSSR count). The molecule has 0 radical (unpaired) electrons. The molecule has 1 aliphatic rings. The van der Waals surface area contributed by atoms with Gasteiger partial charge in [0, 0.05) is 51.2 Å². The second-order valence-corrected chi connectivity index (χ2v) is 6.30. The molecule has 1 saturated heterocycles. The Kier molecular flexibility index (Phi) is 5.71. The van der Waals surface area contributed by atoms with Gasteiger partial charge in [0.05, 0.1) is 5.69 Å². The Hall–Kier alpha value is -2.63. The fourth-order valence-corrected chi connectivity index (χ4v) is 3.34. The molecule has 0 bridgehead atoms. The molecule has 1 aromatic heterocycles. The molecule has 0 unspecified atom stereocenters. The van der Waals surface area contributed by atoms with Crippen molar-refractivity contribution in [3.05, 3.63) is 54.1 Å². The van der Waals surface area contributed by atoms with Crippen molar-refractivity contribution in [2.75, 3.05) is 49.1 Å². The highest BCUT2D eigenvalue weighted by Gasteiger charge is 2.24. The van der Waals surface area contributed by atoms with Crippen LogP contribution in [0.5, 0.6) is 0 Å². The maximum Gasteiger partial charge on any atom is 0.272 e. The fraction of sp³-hybridized carbons (Fsp3) is 0.400. The zero-order valence-corrected chi connectivity index (χ0v) is 15.4. The van der Waals surface area contributed by atoms with Gasteiger partial charge in [-0.05, 0) is 38.1 Å². The number of amides is 1. The molecule has 0 N–H and O–H groups in total. The van der Waals surface area contributed by atoms with Crippen molar-refractivity contribution >= 4 is 17.3 Å². The number of aromatic nitrogens is 1. The lowest BCUT2D eigenvalue weighted by Gasteiger charge is -2.36. The van der Waals surface area contributed by atoms with Crippen molar-refractivity contribution in [2.45, 2.75) is 13.8 Å². The Balaban J connectivity index is 1.67. The molecular weight excluding hydrogens is 331 g/mol. The number of nitrogens with zero attached hydrogens (tertiary/aromatic N) is 4. The van der Waals surface area contributed by atoms with Crippen LogP contribution in [0.1, 0.15) is 24.3 Å². The first-order chi connectivity index (χ1) is 12.6. The first-order valence-corrected chi connectivity index (χ1v) is 9.13. The van der Waals surface area contributed by atoms with Gasteiger partial charge in [0.15, 0.2) is 0 Å². The molecule has 1 aliphatic heterocycles. The van der Waals surface area contributed by atoms with Crippen LogP contribution in [0.4, 0.5) is 15.8 Å². The van der Waals surface area contributed by atoms with E-state index in [4.69, 9.17) is 0 Å². The first kappa shape index (κ1) is 18.2. The van der Waals surface area contributed by atoms with E-state index >= 15 is 0 Å². The number of rotatable bonds is 5.